The number of aliphatic carboxylic acids is 1. The van der Waals surface area contributed by atoms with Crippen LogP contribution in [0.5, 0.6) is 0 Å². The number of allylic oxidation sites excluding steroid dienone is 1. The number of fused-ring (bicyclic) bond motifs is 2. The van der Waals surface area contributed by atoms with Gasteiger partial charge in [-0.2, -0.15) is 0 Å². The van der Waals surface area contributed by atoms with Crippen molar-refractivity contribution in [2.75, 3.05) is 5.75 Å². The van der Waals surface area contributed by atoms with Gasteiger partial charge >= 0.3 is 11.9 Å². The molecule has 0 aromatic heterocycles. The molecule has 0 bridgehead atoms. The predicted octanol–water partition coefficient (Wildman–Crippen LogP) is 4.08. The lowest BCUT2D eigenvalue weighted by atomic mass is 10.0. The molecule has 1 saturated heterocycles. The Hall–Kier alpha value is -5.49. The minimum absolute atomic E-state index is 0.0731. The van der Waals surface area contributed by atoms with Crippen molar-refractivity contribution in [3.8, 4) is 0 Å². The summed E-state index contributed by atoms with van der Waals surface area (Å²) in [5.41, 5.74) is 2.02. The number of hydrogen-bond donors (Lipinski definition) is 2. The highest BCUT2D eigenvalue weighted by atomic mass is 32.2. The molecule has 3 aliphatic rings. The van der Waals surface area contributed by atoms with E-state index < -0.39 is 59.1 Å². The molecule has 11 nitrogen and oxygen atoms in total. The molecule has 48 heavy (non-hydrogen) atoms. The normalized spacial score (nSPS) is 19.0. The van der Waals surface area contributed by atoms with E-state index in [1.54, 1.807) is 12.1 Å². The second kappa shape index (κ2) is 13.7. The Morgan fingerprint density at radius 1 is 0.917 bits per heavy atom. The first-order valence-electron chi connectivity index (χ1n) is 15.3. The number of imide groups is 1. The molecular weight excluding hydrogens is 634 g/mol. The number of rotatable bonds is 12. The number of carbonyl (C=O) groups excluding carboxylic acids is 5. The molecule has 2 unspecified atom stereocenters. The van der Waals surface area contributed by atoms with Crippen LogP contribution in [0.25, 0.3) is 0 Å². The Kier molecular flexibility index (Phi) is 9.26. The van der Waals surface area contributed by atoms with E-state index in [0.717, 1.165) is 9.80 Å². The Morgan fingerprint density at radius 3 is 2.02 bits per heavy atom. The fraction of sp³-hybridized carbons (Fsp3) is 0.222. The second-order valence-corrected chi connectivity index (χ2v) is 12.5. The fourth-order valence-corrected chi connectivity index (χ4v) is 7.46. The quantitative estimate of drug-likeness (QED) is 0.166. The molecule has 0 aliphatic carbocycles. The molecule has 244 valence electrons. The van der Waals surface area contributed by atoms with E-state index >= 15 is 0 Å². The zero-order chi connectivity index (χ0) is 33.9. The monoisotopic (exact) mass is 665 g/mol. The van der Waals surface area contributed by atoms with Crippen LogP contribution in [0.2, 0.25) is 0 Å². The van der Waals surface area contributed by atoms with Gasteiger partial charge in [0.15, 0.2) is 6.10 Å². The summed E-state index contributed by atoms with van der Waals surface area (Å²) in [7, 11) is 0. The van der Waals surface area contributed by atoms with Crippen LogP contribution in [-0.2, 0) is 23.9 Å². The van der Waals surface area contributed by atoms with Crippen molar-refractivity contribution < 1.29 is 38.6 Å². The Bertz CT molecular complexity index is 1770. The number of nitrogens with one attached hydrogen (secondary N) is 1. The molecule has 0 spiro atoms. The predicted molar refractivity (Wildman–Crippen MR) is 175 cm³/mol. The Morgan fingerprint density at radius 2 is 1.48 bits per heavy atom. The van der Waals surface area contributed by atoms with Crippen molar-refractivity contribution in [2.45, 2.75) is 42.8 Å². The van der Waals surface area contributed by atoms with Gasteiger partial charge in [0.2, 0.25) is 5.91 Å². The summed E-state index contributed by atoms with van der Waals surface area (Å²) < 4.78 is 6.06. The van der Waals surface area contributed by atoms with Gasteiger partial charge in [-0.25, -0.2) is 9.59 Å². The summed E-state index contributed by atoms with van der Waals surface area (Å²) in [6.07, 6.45) is 0.445. The van der Waals surface area contributed by atoms with E-state index in [2.05, 4.69) is 11.9 Å². The molecular formula is C36H31N3O8S. The number of hydrogen-bond acceptors (Lipinski definition) is 8. The molecule has 12 heteroatoms. The van der Waals surface area contributed by atoms with Gasteiger partial charge in [0, 0.05) is 12.2 Å². The van der Waals surface area contributed by atoms with Crippen LogP contribution in [-0.4, -0.2) is 73.7 Å². The maximum Gasteiger partial charge on any atom is 0.352 e. The van der Waals surface area contributed by atoms with Gasteiger partial charge in [0.1, 0.15) is 23.2 Å². The Labute approximate surface area is 280 Å². The summed E-state index contributed by atoms with van der Waals surface area (Å²) in [6, 6.07) is 22.2. The SMILES string of the molecule is C=CC1=C(C(=O)O)N2C(=O)C(NC(=O)CCCC(C(=O)OC(c3ccccc3)c3ccccc3)N3C(=O)c4ccccc4C3=O)[C@@H]2SC1. The van der Waals surface area contributed by atoms with Gasteiger partial charge < -0.3 is 15.2 Å². The van der Waals surface area contributed by atoms with Crippen molar-refractivity contribution >= 4 is 47.3 Å². The van der Waals surface area contributed by atoms with Gasteiger partial charge in [-0.1, -0.05) is 85.5 Å². The van der Waals surface area contributed by atoms with Gasteiger partial charge in [-0.15, -0.1) is 11.8 Å². The van der Waals surface area contributed by atoms with Gasteiger partial charge in [-0.05, 0) is 41.7 Å². The summed E-state index contributed by atoms with van der Waals surface area (Å²) in [6.45, 7) is 3.63. The molecule has 3 aromatic carbocycles. The van der Waals surface area contributed by atoms with Crippen LogP contribution in [0, 0.1) is 0 Å². The fourth-order valence-electron chi connectivity index (χ4n) is 6.12. The summed E-state index contributed by atoms with van der Waals surface area (Å²) in [5, 5.41) is 11.7. The number of nitrogens with zero attached hydrogens (tertiary/aromatic N) is 2. The lowest BCUT2D eigenvalue weighted by Crippen LogP contribution is -2.70. The minimum atomic E-state index is -1.34. The van der Waals surface area contributed by atoms with E-state index in [-0.39, 0.29) is 36.1 Å². The molecule has 3 heterocycles. The zero-order valence-corrected chi connectivity index (χ0v) is 26.4. The van der Waals surface area contributed by atoms with Gasteiger partial charge in [0.25, 0.3) is 17.7 Å². The van der Waals surface area contributed by atoms with Crippen LogP contribution in [0.4, 0.5) is 0 Å². The second-order valence-electron chi connectivity index (χ2n) is 11.4. The third-order valence-electron chi connectivity index (χ3n) is 8.49. The van der Waals surface area contributed by atoms with E-state index in [1.165, 1.54) is 30.0 Å². The first kappa shape index (κ1) is 32.5. The molecule has 3 aliphatic heterocycles. The van der Waals surface area contributed by atoms with Gasteiger partial charge in [0.05, 0.1) is 11.1 Å². The maximum atomic E-state index is 14.0. The van der Waals surface area contributed by atoms with E-state index in [9.17, 15) is 33.9 Å². The van der Waals surface area contributed by atoms with Crippen LogP contribution in [0.15, 0.2) is 109 Å². The lowest BCUT2D eigenvalue weighted by molar-refractivity contribution is -0.152. The third kappa shape index (κ3) is 6.02. The van der Waals surface area contributed by atoms with E-state index in [1.807, 2.05) is 60.7 Å². The molecule has 4 amide bonds. The van der Waals surface area contributed by atoms with Gasteiger partial charge in [-0.3, -0.25) is 29.0 Å². The number of esters is 1. The van der Waals surface area contributed by atoms with Crippen LogP contribution in [0.3, 0.4) is 0 Å². The zero-order valence-electron chi connectivity index (χ0n) is 25.6. The number of β-lactam (4-membered cyclic amide) rings is 1. The third-order valence-corrected chi connectivity index (χ3v) is 9.79. The summed E-state index contributed by atoms with van der Waals surface area (Å²) >= 11 is 1.32. The number of carbonyl (C=O) groups is 6. The number of amides is 4. The number of ether oxygens (including phenoxy) is 1. The first-order chi connectivity index (χ1) is 23.2. The highest BCUT2D eigenvalue weighted by Gasteiger charge is 2.54. The summed E-state index contributed by atoms with van der Waals surface area (Å²) in [4.78, 5) is 80.8. The van der Waals surface area contributed by atoms with Crippen molar-refractivity contribution in [2.24, 2.45) is 0 Å². The van der Waals surface area contributed by atoms with Crippen molar-refractivity contribution in [1.29, 1.82) is 0 Å². The largest absolute Gasteiger partial charge is 0.477 e. The number of carboxylic acid groups (broad SMARTS) is 1. The number of carboxylic acids is 1. The van der Waals surface area contributed by atoms with E-state index in [4.69, 9.17) is 4.74 Å². The number of benzene rings is 3. The van der Waals surface area contributed by atoms with Crippen molar-refractivity contribution in [3.63, 3.8) is 0 Å². The average molecular weight is 666 g/mol. The standard InChI is InChI=1S/C36H31N3O8S/c1-2-21-20-48-34-28(33(43)39(34)29(21)35(44)45)37-27(40)19-11-18-26(38-31(41)24-16-9-10-17-25(24)32(38)42)36(46)47-30(22-12-5-3-6-13-22)23-14-7-4-8-15-23/h2-10,12-17,26,28,30,34H,1,11,18-20H2,(H,37,40)(H,44,45)/t26?,28?,34-/m0/s1. The molecule has 6 rings (SSSR count). The molecule has 0 saturated carbocycles. The van der Waals surface area contributed by atoms with E-state index in [0.29, 0.717) is 22.5 Å². The Balaban J connectivity index is 1.18. The van der Waals surface area contributed by atoms with Crippen LogP contribution >= 0.6 is 11.8 Å². The lowest BCUT2D eigenvalue weighted by Gasteiger charge is -2.49. The highest BCUT2D eigenvalue weighted by Crippen LogP contribution is 2.40. The molecule has 0 radical (unpaired) electrons. The molecule has 3 aromatic rings. The van der Waals surface area contributed by atoms with Crippen molar-refractivity contribution in [3.05, 3.63) is 131 Å². The van der Waals surface area contributed by atoms with Crippen molar-refractivity contribution in [1.82, 2.24) is 15.1 Å². The molecule has 3 atom stereocenters. The number of thioether (sulfide) groups is 1. The van der Waals surface area contributed by atoms with Crippen LogP contribution in [0.1, 0.15) is 57.2 Å². The summed E-state index contributed by atoms with van der Waals surface area (Å²) in [5.74, 6) is -4.04. The van der Waals surface area contributed by atoms with Crippen LogP contribution < -0.4 is 5.32 Å². The maximum absolute atomic E-state index is 14.0. The first-order valence-corrected chi connectivity index (χ1v) is 16.4. The molecule has 2 N–H and O–H groups in total. The molecule has 1 fully saturated rings. The smallest absolute Gasteiger partial charge is 0.352 e. The average Bonchev–Trinajstić information content (AvgIpc) is 3.36. The highest BCUT2D eigenvalue weighted by molar-refractivity contribution is 8.00. The minimum Gasteiger partial charge on any atom is -0.477 e. The topological polar surface area (TPSA) is 150 Å².